The first-order valence-electron chi connectivity index (χ1n) is 6.33. The molecule has 2 N–H and O–H groups in total. The summed E-state index contributed by atoms with van der Waals surface area (Å²) in [5.74, 6) is 0.233. The van der Waals surface area contributed by atoms with Crippen LogP contribution in [0.1, 0.15) is 27.6 Å². The fourth-order valence-electron chi connectivity index (χ4n) is 1.90. The van der Waals surface area contributed by atoms with E-state index in [9.17, 15) is 4.79 Å². The average Bonchev–Trinajstić information content (AvgIpc) is 2.66. The van der Waals surface area contributed by atoms with Gasteiger partial charge in [0.1, 0.15) is 10.8 Å². The van der Waals surface area contributed by atoms with Gasteiger partial charge < -0.3 is 5.73 Å². The van der Waals surface area contributed by atoms with Crippen molar-refractivity contribution in [1.29, 1.82) is 0 Å². The minimum atomic E-state index is 0.233. The number of carbonyl (C=O) groups excluding carboxylic acids is 1. The highest BCUT2D eigenvalue weighted by Crippen LogP contribution is 2.18. The zero-order valence-corrected chi connectivity index (χ0v) is 12.1. The van der Waals surface area contributed by atoms with Crippen LogP contribution in [0.2, 0.25) is 0 Å². The van der Waals surface area contributed by atoms with Crippen LogP contribution in [-0.4, -0.2) is 10.8 Å². The molecule has 0 aliphatic rings. The number of nitrogen functional groups attached to an aromatic ring is 1. The molecule has 0 atom stereocenters. The second-order valence-corrected chi connectivity index (χ2v) is 6.00. The Balaban J connectivity index is 1.88. The summed E-state index contributed by atoms with van der Waals surface area (Å²) < 4.78 is 0. The number of nitrogens with two attached hydrogens (primary N) is 1. The highest BCUT2D eigenvalue weighted by molar-refractivity contribution is 7.11. The number of aryl methyl sites for hydroxylation is 3. The van der Waals surface area contributed by atoms with Gasteiger partial charge in [0.05, 0.1) is 12.1 Å². The summed E-state index contributed by atoms with van der Waals surface area (Å²) >= 11 is 1.61. The maximum absolute atomic E-state index is 11.9. The van der Waals surface area contributed by atoms with E-state index in [2.05, 4.69) is 4.98 Å². The lowest BCUT2D eigenvalue weighted by Crippen LogP contribution is -2.04. The van der Waals surface area contributed by atoms with E-state index in [4.69, 9.17) is 5.73 Å². The van der Waals surface area contributed by atoms with Gasteiger partial charge in [-0.25, -0.2) is 4.98 Å². The number of carbonyl (C=O) groups is 1. The quantitative estimate of drug-likeness (QED) is 0.852. The number of anilines is 1. The molecule has 0 saturated carbocycles. The predicted molar refractivity (Wildman–Crippen MR) is 79.5 cm³/mol. The molecule has 100 valence electrons. The van der Waals surface area contributed by atoms with Gasteiger partial charge in [0, 0.05) is 17.0 Å². The van der Waals surface area contributed by atoms with Crippen LogP contribution in [0.25, 0.3) is 0 Å². The van der Waals surface area contributed by atoms with E-state index >= 15 is 0 Å². The largest absolute Gasteiger partial charge is 0.399 e. The molecule has 0 amide bonds. The van der Waals surface area contributed by atoms with E-state index in [1.54, 1.807) is 11.3 Å². The summed E-state index contributed by atoms with van der Waals surface area (Å²) in [6, 6.07) is 7.70. The van der Waals surface area contributed by atoms with Gasteiger partial charge in [-0.1, -0.05) is 12.1 Å². The molecule has 2 aromatic rings. The van der Waals surface area contributed by atoms with Crippen molar-refractivity contribution >= 4 is 22.8 Å². The lowest BCUT2D eigenvalue weighted by Gasteiger charge is -2.01. The van der Waals surface area contributed by atoms with Crippen LogP contribution in [0.4, 0.5) is 5.69 Å². The van der Waals surface area contributed by atoms with Gasteiger partial charge in [-0.2, -0.15) is 0 Å². The highest BCUT2D eigenvalue weighted by Gasteiger charge is 2.09. The molecule has 0 saturated heterocycles. The average molecular weight is 274 g/mol. The summed E-state index contributed by atoms with van der Waals surface area (Å²) in [6.45, 7) is 4.01. The molecule has 19 heavy (non-hydrogen) atoms. The van der Waals surface area contributed by atoms with Gasteiger partial charge in [0.2, 0.25) is 0 Å². The van der Waals surface area contributed by atoms with Crippen LogP contribution < -0.4 is 5.73 Å². The third-order valence-electron chi connectivity index (χ3n) is 3.06. The van der Waals surface area contributed by atoms with E-state index in [-0.39, 0.29) is 5.78 Å². The van der Waals surface area contributed by atoms with Gasteiger partial charge in [-0.3, -0.25) is 4.79 Å². The minimum Gasteiger partial charge on any atom is -0.399 e. The zero-order valence-electron chi connectivity index (χ0n) is 11.3. The Kier molecular flexibility index (Phi) is 4.32. The number of ketones is 1. The molecule has 4 heteroatoms. The maximum Gasteiger partial charge on any atom is 0.140 e. The number of benzene rings is 1. The molecule has 0 unspecified atom stereocenters. The van der Waals surface area contributed by atoms with Crippen LogP contribution in [0, 0.1) is 13.8 Å². The topological polar surface area (TPSA) is 56.0 Å². The van der Waals surface area contributed by atoms with Crippen molar-refractivity contribution in [1.82, 2.24) is 4.98 Å². The van der Waals surface area contributed by atoms with Crippen molar-refractivity contribution in [2.24, 2.45) is 0 Å². The van der Waals surface area contributed by atoms with Gasteiger partial charge in [-0.15, -0.1) is 11.3 Å². The van der Waals surface area contributed by atoms with Crippen LogP contribution in [0.15, 0.2) is 24.3 Å². The van der Waals surface area contributed by atoms with Gasteiger partial charge in [0.15, 0.2) is 0 Å². The number of thiazole rings is 1. The number of Topliss-reactive ketones (excluding diaryl/α,β-unsaturated/α-hetero) is 1. The number of hydrogen-bond donors (Lipinski definition) is 1. The number of hydrogen-bond acceptors (Lipinski definition) is 4. The Bertz CT molecular complexity index is 570. The minimum absolute atomic E-state index is 0.233. The Labute approximate surface area is 117 Å². The van der Waals surface area contributed by atoms with E-state index in [0.29, 0.717) is 12.8 Å². The Morgan fingerprint density at radius 2 is 2.16 bits per heavy atom. The molecule has 3 nitrogen and oxygen atoms in total. The van der Waals surface area contributed by atoms with Crippen LogP contribution in [0.3, 0.4) is 0 Å². The van der Waals surface area contributed by atoms with Crippen molar-refractivity contribution in [2.45, 2.75) is 33.1 Å². The molecule has 0 bridgehead atoms. The van der Waals surface area contributed by atoms with Crippen LogP contribution in [-0.2, 0) is 17.6 Å². The fraction of sp³-hybridized carbons (Fsp3) is 0.333. The van der Waals surface area contributed by atoms with Gasteiger partial charge in [0.25, 0.3) is 0 Å². The molecule has 0 aliphatic carbocycles. The predicted octanol–water partition coefficient (Wildman–Crippen LogP) is 3.09. The third kappa shape index (κ3) is 3.89. The van der Waals surface area contributed by atoms with Crippen LogP contribution in [0.5, 0.6) is 0 Å². The summed E-state index contributed by atoms with van der Waals surface area (Å²) in [6.07, 6.45) is 1.73. The van der Waals surface area contributed by atoms with E-state index in [0.717, 1.165) is 28.4 Å². The smallest absolute Gasteiger partial charge is 0.140 e. The zero-order chi connectivity index (χ0) is 13.8. The summed E-state index contributed by atoms with van der Waals surface area (Å²) in [5.41, 5.74) is 8.60. The number of rotatable bonds is 5. The molecule has 1 aromatic heterocycles. The molecule has 0 aliphatic heterocycles. The van der Waals surface area contributed by atoms with Crippen molar-refractivity contribution in [3.8, 4) is 0 Å². The van der Waals surface area contributed by atoms with E-state index < -0.39 is 0 Å². The molecule has 1 heterocycles. The van der Waals surface area contributed by atoms with Crippen molar-refractivity contribution in [2.75, 3.05) is 5.73 Å². The normalized spacial score (nSPS) is 10.6. The standard InChI is InChI=1S/C15H18N2OS/c1-10-11(2)19-15(17-10)9-14(18)7-6-12-4-3-5-13(16)8-12/h3-5,8H,6-7,9,16H2,1-2H3. The first kappa shape index (κ1) is 13.7. The lowest BCUT2D eigenvalue weighted by molar-refractivity contribution is -0.118. The molecule has 0 spiro atoms. The molecular weight excluding hydrogens is 256 g/mol. The van der Waals surface area contributed by atoms with Gasteiger partial charge in [-0.05, 0) is 38.0 Å². The molecule has 1 aromatic carbocycles. The first-order chi connectivity index (χ1) is 9.04. The molecule has 0 radical (unpaired) electrons. The summed E-state index contributed by atoms with van der Waals surface area (Å²) in [5, 5.41) is 0.924. The highest BCUT2D eigenvalue weighted by atomic mass is 32.1. The van der Waals surface area contributed by atoms with E-state index in [1.165, 1.54) is 4.88 Å². The second kappa shape index (κ2) is 5.97. The number of aromatic nitrogens is 1. The lowest BCUT2D eigenvalue weighted by atomic mass is 10.1. The Morgan fingerprint density at radius 3 is 2.79 bits per heavy atom. The van der Waals surface area contributed by atoms with Crippen molar-refractivity contribution in [3.05, 3.63) is 45.4 Å². The Hall–Kier alpha value is -1.68. The van der Waals surface area contributed by atoms with E-state index in [1.807, 2.05) is 38.1 Å². The monoisotopic (exact) mass is 274 g/mol. The van der Waals surface area contributed by atoms with Crippen LogP contribution >= 0.6 is 11.3 Å². The summed E-state index contributed by atoms with van der Waals surface area (Å²) in [7, 11) is 0. The summed E-state index contributed by atoms with van der Waals surface area (Å²) in [4.78, 5) is 17.5. The molecular formula is C15H18N2OS. The molecule has 0 fully saturated rings. The Morgan fingerprint density at radius 1 is 1.37 bits per heavy atom. The van der Waals surface area contributed by atoms with Crippen molar-refractivity contribution < 1.29 is 4.79 Å². The maximum atomic E-state index is 11.9. The third-order valence-corrected chi connectivity index (χ3v) is 4.14. The number of nitrogens with zero attached hydrogens (tertiary/aromatic N) is 1. The van der Waals surface area contributed by atoms with Gasteiger partial charge >= 0.3 is 0 Å². The SMILES string of the molecule is Cc1nc(CC(=O)CCc2cccc(N)c2)sc1C. The first-order valence-corrected chi connectivity index (χ1v) is 7.15. The van der Waals surface area contributed by atoms with Crippen molar-refractivity contribution in [3.63, 3.8) is 0 Å². The molecule has 2 rings (SSSR count). The fourth-order valence-corrected chi connectivity index (χ4v) is 2.87. The second-order valence-electron chi connectivity index (χ2n) is 4.71.